The van der Waals surface area contributed by atoms with Crippen LogP contribution in [0.3, 0.4) is 0 Å². The van der Waals surface area contributed by atoms with Gasteiger partial charge in [0.25, 0.3) is 5.56 Å². The predicted octanol–water partition coefficient (Wildman–Crippen LogP) is 2.47. The largest absolute Gasteiger partial charge is 0.315 e. The van der Waals surface area contributed by atoms with E-state index in [9.17, 15) is 4.79 Å². The fraction of sp³-hybridized carbons (Fsp3) is 0.667. The standard InChI is InChI=1S/C15H24N2O/c1-13-8-11-17(15(18)12-13)10-5-9-16-14-6-3-2-4-7-14/h8,11-12,14,16H,2-7,9-10H2,1H3. The van der Waals surface area contributed by atoms with E-state index < -0.39 is 0 Å². The summed E-state index contributed by atoms with van der Waals surface area (Å²) in [6.45, 7) is 3.79. The van der Waals surface area contributed by atoms with Crippen molar-refractivity contribution in [2.75, 3.05) is 6.54 Å². The highest BCUT2D eigenvalue weighted by molar-refractivity contribution is 5.07. The maximum Gasteiger partial charge on any atom is 0.250 e. The van der Waals surface area contributed by atoms with Gasteiger partial charge in [0, 0.05) is 24.8 Å². The van der Waals surface area contributed by atoms with Crippen LogP contribution in [0.4, 0.5) is 0 Å². The molecule has 2 rings (SSSR count). The van der Waals surface area contributed by atoms with E-state index in [4.69, 9.17) is 0 Å². The summed E-state index contributed by atoms with van der Waals surface area (Å²) >= 11 is 0. The fourth-order valence-corrected chi connectivity index (χ4v) is 2.65. The van der Waals surface area contributed by atoms with Gasteiger partial charge in [0.1, 0.15) is 0 Å². The van der Waals surface area contributed by atoms with E-state index in [0.29, 0.717) is 6.04 Å². The number of rotatable bonds is 5. The molecule has 1 aliphatic carbocycles. The Morgan fingerprint density at radius 1 is 1.33 bits per heavy atom. The van der Waals surface area contributed by atoms with Crippen LogP contribution < -0.4 is 10.9 Å². The zero-order valence-corrected chi connectivity index (χ0v) is 11.3. The average molecular weight is 248 g/mol. The van der Waals surface area contributed by atoms with Crippen molar-refractivity contribution in [2.24, 2.45) is 0 Å². The Kier molecular flexibility index (Phi) is 5.00. The number of nitrogens with one attached hydrogen (secondary N) is 1. The van der Waals surface area contributed by atoms with Crippen molar-refractivity contribution < 1.29 is 0 Å². The third kappa shape index (κ3) is 3.98. The third-order valence-corrected chi connectivity index (χ3v) is 3.77. The smallest absolute Gasteiger partial charge is 0.250 e. The van der Waals surface area contributed by atoms with Crippen LogP contribution in [0.1, 0.15) is 44.1 Å². The Labute approximate surface area is 109 Å². The van der Waals surface area contributed by atoms with Gasteiger partial charge in [0.2, 0.25) is 0 Å². The summed E-state index contributed by atoms with van der Waals surface area (Å²) in [5, 5.41) is 3.61. The lowest BCUT2D eigenvalue weighted by Gasteiger charge is -2.22. The Balaban J connectivity index is 1.70. The lowest BCUT2D eigenvalue weighted by atomic mass is 9.95. The van der Waals surface area contributed by atoms with Crippen molar-refractivity contribution in [1.82, 2.24) is 9.88 Å². The number of hydrogen-bond donors (Lipinski definition) is 1. The third-order valence-electron chi connectivity index (χ3n) is 3.77. The zero-order chi connectivity index (χ0) is 12.8. The number of aromatic nitrogens is 1. The van der Waals surface area contributed by atoms with Gasteiger partial charge in [-0.1, -0.05) is 19.3 Å². The number of aryl methyl sites for hydroxylation is 2. The molecule has 1 heterocycles. The van der Waals surface area contributed by atoms with Gasteiger partial charge in [-0.2, -0.15) is 0 Å². The molecule has 0 bridgehead atoms. The number of hydrogen-bond acceptors (Lipinski definition) is 2. The minimum atomic E-state index is 0.118. The van der Waals surface area contributed by atoms with Gasteiger partial charge in [-0.25, -0.2) is 0 Å². The van der Waals surface area contributed by atoms with Crippen LogP contribution in [-0.4, -0.2) is 17.2 Å². The second-order valence-electron chi connectivity index (χ2n) is 5.38. The van der Waals surface area contributed by atoms with Crippen LogP contribution in [0.25, 0.3) is 0 Å². The van der Waals surface area contributed by atoms with E-state index in [0.717, 1.165) is 25.1 Å². The second-order valence-corrected chi connectivity index (χ2v) is 5.38. The normalized spacial score (nSPS) is 16.9. The van der Waals surface area contributed by atoms with Crippen LogP contribution in [0.15, 0.2) is 23.1 Å². The highest BCUT2D eigenvalue weighted by atomic mass is 16.1. The quantitative estimate of drug-likeness (QED) is 0.812. The first-order valence-electron chi connectivity index (χ1n) is 7.16. The number of pyridine rings is 1. The molecule has 0 saturated heterocycles. The summed E-state index contributed by atoms with van der Waals surface area (Å²) < 4.78 is 1.80. The summed E-state index contributed by atoms with van der Waals surface area (Å²) in [6, 6.07) is 4.42. The molecular weight excluding hydrogens is 224 g/mol. The molecule has 1 aliphatic rings. The molecule has 3 nitrogen and oxygen atoms in total. The van der Waals surface area contributed by atoms with Gasteiger partial charge < -0.3 is 9.88 Å². The van der Waals surface area contributed by atoms with Crippen molar-refractivity contribution in [2.45, 2.75) is 58.0 Å². The Hall–Kier alpha value is -1.09. The van der Waals surface area contributed by atoms with Crippen molar-refractivity contribution in [3.8, 4) is 0 Å². The maximum atomic E-state index is 11.7. The van der Waals surface area contributed by atoms with Gasteiger partial charge in [-0.3, -0.25) is 4.79 Å². The molecule has 0 spiro atoms. The molecule has 0 atom stereocenters. The summed E-state index contributed by atoms with van der Waals surface area (Å²) in [5.41, 5.74) is 1.16. The van der Waals surface area contributed by atoms with Gasteiger partial charge in [-0.15, -0.1) is 0 Å². The van der Waals surface area contributed by atoms with Gasteiger partial charge in [0.05, 0.1) is 0 Å². The zero-order valence-electron chi connectivity index (χ0n) is 11.3. The molecule has 1 aromatic rings. The summed E-state index contributed by atoms with van der Waals surface area (Å²) in [6.07, 6.45) is 9.72. The van der Waals surface area contributed by atoms with Crippen LogP contribution in [0, 0.1) is 6.92 Å². The lowest BCUT2D eigenvalue weighted by molar-refractivity contribution is 0.368. The first kappa shape index (κ1) is 13.3. The molecule has 0 aliphatic heterocycles. The minimum absolute atomic E-state index is 0.118. The number of nitrogens with zero attached hydrogens (tertiary/aromatic N) is 1. The van der Waals surface area contributed by atoms with E-state index in [1.165, 1.54) is 32.1 Å². The van der Waals surface area contributed by atoms with E-state index in [1.54, 1.807) is 10.6 Å². The maximum absolute atomic E-state index is 11.7. The Morgan fingerprint density at radius 2 is 2.11 bits per heavy atom. The van der Waals surface area contributed by atoms with E-state index in [2.05, 4.69) is 5.32 Å². The molecule has 1 aromatic heterocycles. The van der Waals surface area contributed by atoms with Gasteiger partial charge in [-0.05, 0) is 44.4 Å². The Morgan fingerprint density at radius 3 is 2.83 bits per heavy atom. The Bertz CT molecular complexity index is 419. The van der Waals surface area contributed by atoms with Crippen LogP contribution in [-0.2, 0) is 6.54 Å². The summed E-state index contributed by atoms with van der Waals surface area (Å²) in [5.74, 6) is 0. The first-order chi connectivity index (χ1) is 8.75. The van der Waals surface area contributed by atoms with Crippen molar-refractivity contribution in [1.29, 1.82) is 0 Å². The minimum Gasteiger partial charge on any atom is -0.315 e. The molecule has 0 radical (unpaired) electrons. The highest BCUT2D eigenvalue weighted by Crippen LogP contribution is 2.17. The molecule has 0 aromatic carbocycles. The SMILES string of the molecule is Cc1ccn(CCCNC2CCCCC2)c(=O)c1. The van der Waals surface area contributed by atoms with E-state index >= 15 is 0 Å². The van der Waals surface area contributed by atoms with Crippen LogP contribution >= 0.6 is 0 Å². The van der Waals surface area contributed by atoms with E-state index in [1.807, 2.05) is 19.2 Å². The molecule has 0 amide bonds. The molecule has 100 valence electrons. The lowest BCUT2D eigenvalue weighted by Crippen LogP contribution is -2.32. The monoisotopic (exact) mass is 248 g/mol. The average Bonchev–Trinajstić information content (AvgIpc) is 2.38. The predicted molar refractivity (Wildman–Crippen MR) is 74.9 cm³/mol. The molecule has 1 N–H and O–H groups in total. The van der Waals surface area contributed by atoms with Gasteiger partial charge >= 0.3 is 0 Å². The molecule has 18 heavy (non-hydrogen) atoms. The molecule has 0 unspecified atom stereocenters. The molecular formula is C15H24N2O. The fourth-order valence-electron chi connectivity index (χ4n) is 2.65. The van der Waals surface area contributed by atoms with E-state index in [-0.39, 0.29) is 5.56 Å². The van der Waals surface area contributed by atoms with Crippen LogP contribution in [0.2, 0.25) is 0 Å². The molecule has 3 heteroatoms. The first-order valence-corrected chi connectivity index (χ1v) is 7.16. The topological polar surface area (TPSA) is 34.0 Å². The second kappa shape index (κ2) is 6.74. The molecule has 1 fully saturated rings. The summed E-state index contributed by atoms with van der Waals surface area (Å²) in [4.78, 5) is 11.7. The van der Waals surface area contributed by atoms with Gasteiger partial charge in [0.15, 0.2) is 0 Å². The van der Waals surface area contributed by atoms with Crippen molar-refractivity contribution in [3.05, 3.63) is 34.2 Å². The van der Waals surface area contributed by atoms with Crippen molar-refractivity contribution in [3.63, 3.8) is 0 Å². The van der Waals surface area contributed by atoms with Crippen molar-refractivity contribution >= 4 is 0 Å². The highest BCUT2D eigenvalue weighted by Gasteiger charge is 2.11. The molecule has 1 saturated carbocycles. The summed E-state index contributed by atoms with van der Waals surface area (Å²) in [7, 11) is 0. The van der Waals surface area contributed by atoms with Crippen LogP contribution in [0.5, 0.6) is 0 Å².